The monoisotopic (exact) mass is 291 g/mol. The van der Waals surface area contributed by atoms with Crippen LogP contribution in [-0.2, 0) is 0 Å². The Balaban J connectivity index is 1.93. The van der Waals surface area contributed by atoms with Crippen molar-refractivity contribution in [1.82, 2.24) is 4.90 Å². The van der Waals surface area contributed by atoms with Crippen molar-refractivity contribution in [2.24, 2.45) is 0 Å². The summed E-state index contributed by atoms with van der Waals surface area (Å²) in [5.41, 5.74) is 2.37. The minimum absolute atomic E-state index is 0.196. The Morgan fingerprint density at radius 2 is 2.05 bits per heavy atom. The van der Waals surface area contributed by atoms with E-state index in [1.807, 2.05) is 0 Å². The van der Waals surface area contributed by atoms with Crippen molar-refractivity contribution in [3.8, 4) is 0 Å². The molecule has 0 radical (unpaired) electrons. The number of hydrogen-bond acceptors (Lipinski definition) is 4. The summed E-state index contributed by atoms with van der Waals surface area (Å²) in [5.74, 6) is 0. The molecular weight excluding hydrogens is 262 g/mol. The fourth-order valence-electron chi connectivity index (χ4n) is 3.02. The zero-order chi connectivity index (χ0) is 15.2. The first-order valence-corrected chi connectivity index (χ1v) is 8.06. The standard InChI is InChI=1S/C17H29N3O/c1-4-20(11-12-21)17-7-5-15(6-8-17)18-16-9-10-19(3)14(2)13-16/h5-8,14,16,18,21H,4,9-13H2,1-3H3. The molecule has 0 bridgehead atoms. The van der Waals surface area contributed by atoms with E-state index in [1.54, 1.807) is 0 Å². The van der Waals surface area contributed by atoms with E-state index in [0.29, 0.717) is 18.6 Å². The number of likely N-dealkylation sites (tertiary alicyclic amines) is 1. The zero-order valence-electron chi connectivity index (χ0n) is 13.5. The van der Waals surface area contributed by atoms with Crippen molar-refractivity contribution in [2.45, 2.75) is 38.8 Å². The van der Waals surface area contributed by atoms with Crippen molar-refractivity contribution in [1.29, 1.82) is 0 Å². The van der Waals surface area contributed by atoms with E-state index in [-0.39, 0.29) is 6.61 Å². The fourth-order valence-corrected chi connectivity index (χ4v) is 3.02. The van der Waals surface area contributed by atoms with E-state index >= 15 is 0 Å². The van der Waals surface area contributed by atoms with Crippen molar-refractivity contribution in [3.63, 3.8) is 0 Å². The van der Waals surface area contributed by atoms with Crippen LogP contribution in [0.5, 0.6) is 0 Å². The van der Waals surface area contributed by atoms with Crippen LogP contribution in [0.2, 0.25) is 0 Å². The molecule has 118 valence electrons. The van der Waals surface area contributed by atoms with Gasteiger partial charge in [0.05, 0.1) is 6.61 Å². The highest BCUT2D eigenvalue weighted by atomic mass is 16.3. The summed E-state index contributed by atoms with van der Waals surface area (Å²) in [5, 5.41) is 12.7. The number of aliphatic hydroxyl groups is 1. The molecule has 1 aromatic carbocycles. The quantitative estimate of drug-likeness (QED) is 0.844. The molecular formula is C17H29N3O. The van der Waals surface area contributed by atoms with Crippen LogP contribution >= 0.6 is 0 Å². The first-order valence-electron chi connectivity index (χ1n) is 8.06. The molecule has 2 N–H and O–H groups in total. The molecule has 4 heteroatoms. The van der Waals surface area contributed by atoms with Crippen LogP contribution in [0, 0.1) is 0 Å². The number of benzene rings is 1. The van der Waals surface area contributed by atoms with Crippen LogP contribution in [0.15, 0.2) is 24.3 Å². The Bertz CT molecular complexity index is 421. The van der Waals surface area contributed by atoms with Gasteiger partial charge in [-0.25, -0.2) is 0 Å². The number of hydrogen-bond donors (Lipinski definition) is 2. The molecule has 1 heterocycles. The summed E-state index contributed by atoms with van der Waals surface area (Å²) in [4.78, 5) is 4.61. The molecule has 21 heavy (non-hydrogen) atoms. The molecule has 0 amide bonds. The maximum Gasteiger partial charge on any atom is 0.0606 e. The lowest BCUT2D eigenvalue weighted by molar-refractivity contribution is 0.190. The SMILES string of the molecule is CCN(CCO)c1ccc(NC2CCN(C)C(C)C2)cc1. The predicted octanol–water partition coefficient (Wildman–Crippen LogP) is 2.40. The smallest absolute Gasteiger partial charge is 0.0606 e. The molecule has 0 saturated carbocycles. The maximum absolute atomic E-state index is 9.09. The molecule has 2 atom stereocenters. The normalized spacial score (nSPS) is 23.0. The van der Waals surface area contributed by atoms with Gasteiger partial charge in [-0.3, -0.25) is 0 Å². The molecule has 1 aliphatic heterocycles. The Morgan fingerprint density at radius 1 is 1.33 bits per heavy atom. The number of likely N-dealkylation sites (N-methyl/N-ethyl adjacent to an activating group) is 1. The minimum atomic E-state index is 0.196. The second-order valence-corrected chi connectivity index (χ2v) is 6.05. The first kappa shape index (κ1) is 16.1. The van der Waals surface area contributed by atoms with E-state index in [4.69, 9.17) is 5.11 Å². The van der Waals surface area contributed by atoms with E-state index in [1.165, 1.54) is 24.2 Å². The molecule has 0 aromatic heterocycles. The lowest BCUT2D eigenvalue weighted by Gasteiger charge is -2.35. The number of piperidine rings is 1. The Kier molecular flexibility index (Phi) is 5.88. The van der Waals surface area contributed by atoms with E-state index < -0.39 is 0 Å². The molecule has 4 nitrogen and oxygen atoms in total. The van der Waals surface area contributed by atoms with Gasteiger partial charge in [0, 0.05) is 43.1 Å². The summed E-state index contributed by atoms with van der Waals surface area (Å²) in [6.45, 7) is 7.38. The number of aliphatic hydroxyl groups excluding tert-OH is 1. The number of nitrogens with zero attached hydrogens (tertiary/aromatic N) is 2. The molecule has 2 unspecified atom stereocenters. The lowest BCUT2D eigenvalue weighted by atomic mass is 9.98. The summed E-state index contributed by atoms with van der Waals surface area (Å²) < 4.78 is 0. The average Bonchev–Trinajstić information content (AvgIpc) is 2.49. The van der Waals surface area contributed by atoms with Gasteiger partial charge >= 0.3 is 0 Å². The van der Waals surface area contributed by atoms with Crippen molar-refractivity contribution < 1.29 is 5.11 Å². The molecule has 1 fully saturated rings. The van der Waals surface area contributed by atoms with Crippen LogP contribution in [0.4, 0.5) is 11.4 Å². The topological polar surface area (TPSA) is 38.7 Å². The number of rotatable bonds is 6. The number of anilines is 2. The van der Waals surface area contributed by atoms with Crippen LogP contribution < -0.4 is 10.2 Å². The van der Waals surface area contributed by atoms with Gasteiger partial charge in [-0.2, -0.15) is 0 Å². The van der Waals surface area contributed by atoms with Gasteiger partial charge in [0.2, 0.25) is 0 Å². The van der Waals surface area contributed by atoms with Gasteiger partial charge < -0.3 is 20.2 Å². The van der Waals surface area contributed by atoms with Crippen molar-refractivity contribution >= 4 is 11.4 Å². The molecule has 2 rings (SSSR count). The van der Waals surface area contributed by atoms with Gasteiger partial charge in [0.1, 0.15) is 0 Å². The van der Waals surface area contributed by atoms with Gasteiger partial charge in [-0.1, -0.05) is 0 Å². The highest BCUT2D eigenvalue weighted by Gasteiger charge is 2.22. The average molecular weight is 291 g/mol. The van der Waals surface area contributed by atoms with Crippen LogP contribution in [0.1, 0.15) is 26.7 Å². The maximum atomic E-state index is 9.09. The van der Waals surface area contributed by atoms with E-state index in [9.17, 15) is 0 Å². The second-order valence-electron chi connectivity index (χ2n) is 6.05. The van der Waals surface area contributed by atoms with Gasteiger partial charge in [0.15, 0.2) is 0 Å². The summed E-state index contributed by atoms with van der Waals surface area (Å²) >= 11 is 0. The van der Waals surface area contributed by atoms with Gasteiger partial charge in [0.25, 0.3) is 0 Å². The minimum Gasteiger partial charge on any atom is -0.395 e. The van der Waals surface area contributed by atoms with Crippen molar-refractivity contribution in [2.75, 3.05) is 43.5 Å². The fraction of sp³-hybridized carbons (Fsp3) is 0.647. The van der Waals surface area contributed by atoms with E-state index in [0.717, 1.165) is 13.1 Å². The van der Waals surface area contributed by atoms with E-state index in [2.05, 4.69) is 60.3 Å². The van der Waals surface area contributed by atoms with Gasteiger partial charge in [-0.15, -0.1) is 0 Å². The molecule has 0 aliphatic carbocycles. The highest BCUT2D eigenvalue weighted by Crippen LogP contribution is 2.22. The number of nitrogens with one attached hydrogen (secondary N) is 1. The Hall–Kier alpha value is -1.26. The summed E-state index contributed by atoms with van der Waals surface area (Å²) in [6, 6.07) is 9.80. The largest absolute Gasteiger partial charge is 0.395 e. The third kappa shape index (κ3) is 4.35. The second kappa shape index (κ2) is 7.66. The highest BCUT2D eigenvalue weighted by molar-refractivity contribution is 5.55. The van der Waals surface area contributed by atoms with Crippen LogP contribution in [0.3, 0.4) is 0 Å². The van der Waals surface area contributed by atoms with Crippen LogP contribution in [-0.4, -0.2) is 55.4 Å². The van der Waals surface area contributed by atoms with Crippen molar-refractivity contribution in [3.05, 3.63) is 24.3 Å². The summed E-state index contributed by atoms with van der Waals surface area (Å²) in [6.07, 6.45) is 2.40. The predicted molar refractivity (Wildman–Crippen MR) is 90.2 cm³/mol. The zero-order valence-corrected chi connectivity index (χ0v) is 13.5. The summed E-state index contributed by atoms with van der Waals surface area (Å²) in [7, 11) is 2.20. The molecule has 0 spiro atoms. The Morgan fingerprint density at radius 3 is 2.62 bits per heavy atom. The third-order valence-electron chi connectivity index (χ3n) is 4.56. The molecule has 1 saturated heterocycles. The molecule has 1 aromatic rings. The lowest BCUT2D eigenvalue weighted by Crippen LogP contribution is -2.42. The van der Waals surface area contributed by atoms with Gasteiger partial charge in [-0.05, 0) is 58.0 Å². The third-order valence-corrected chi connectivity index (χ3v) is 4.56. The van der Waals surface area contributed by atoms with Crippen LogP contribution in [0.25, 0.3) is 0 Å². The molecule has 1 aliphatic rings. The Labute approximate surface area is 128 Å². The first-order chi connectivity index (χ1) is 10.1.